The van der Waals surface area contributed by atoms with Gasteiger partial charge in [-0.2, -0.15) is 0 Å². The Balaban J connectivity index is 1.68. The molecule has 0 amide bonds. The molecule has 0 saturated heterocycles. The van der Waals surface area contributed by atoms with E-state index in [0.29, 0.717) is 10.8 Å². The van der Waals surface area contributed by atoms with Crippen molar-refractivity contribution in [2.45, 2.75) is 64.9 Å². The van der Waals surface area contributed by atoms with Crippen molar-refractivity contribution in [2.24, 2.45) is 28.6 Å². The summed E-state index contributed by atoms with van der Waals surface area (Å²) < 4.78 is 1.62. The van der Waals surface area contributed by atoms with Crippen molar-refractivity contribution >= 4 is 22.6 Å². The van der Waals surface area contributed by atoms with Crippen LogP contribution in [-0.4, -0.2) is 6.10 Å². The molecule has 0 heterocycles. The SMILES string of the molecule is C[C@]12CC[C@H]([O])CC1=CC[C@@H]1[C@@H]2CC[C@]2(C)C(I)=CC[C@@H]12. The first kappa shape index (κ1) is 14.7. The molecule has 2 saturated carbocycles. The van der Waals surface area contributed by atoms with Crippen molar-refractivity contribution in [3.8, 4) is 0 Å². The minimum absolute atomic E-state index is 0.330. The fraction of sp³-hybridized carbons (Fsp3) is 0.789. The van der Waals surface area contributed by atoms with Gasteiger partial charge in [-0.05, 0) is 94.3 Å². The van der Waals surface area contributed by atoms with Crippen molar-refractivity contribution in [2.75, 3.05) is 0 Å². The molecule has 4 rings (SSSR count). The third kappa shape index (κ3) is 1.97. The fourth-order valence-electron chi connectivity index (χ4n) is 6.14. The molecule has 2 fully saturated rings. The predicted molar refractivity (Wildman–Crippen MR) is 93.7 cm³/mol. The third-order valence-electron chi connectivity index (χ3n) is 7.54. The van der Waals surface area contributed by atoms with Crippen LogP contribution >= 0.6 is 22.6 Å². The Morgan fingerprint density at radius 3 is 2.62 bits per heavy atom. The van der Waals surface area contributed by atoms with Gasteiger partial charge in [0.2, 0.25) is 0 Å². The number of fused-ring (bicyclic) bond motifs is 5. The van der Waals surface area contributed by atoms with Crippen LogP contribution in [0.3, 0.4) is 0 Å². The zero-order chi connectivity index (χ0) is 14.8. The molecule has 21 heavy (non-hydrogen) atoms. The van der Waals surface area contributed by atoms with E-state index in [9.17, 15) is 5.11 Å². The Bertz CT molecular complexity index is 522. The van der Waals surface area contributed by atoms with Crippen molar-refractivity contribution in [1.82, 2.24) is 0 Å². The van der Waals surface area contributed by atoms with Crippen LogP contribution in [0.15, 0.2) is 21.3 Å². The Hall–Kier alpha value is 0.170. The van der Waals surface area contributed by atoms with Crippen LogP contribution in [0.1, 0.15) is 58.8 Å². The van der Waals surface area contributed by atoms with E-state index in [1.54, 1.807) is 3.58 Å². The minimum Gasteiger partial charge on any atom is -0.233 e. The summed E-state index contributed by atoms with van der Waals surface area (Å²) in [6.07, 6.45) is 12.8. The third-order valence-corrected chi connectivity index (χ3v) is 9.22. The average molecular weight is 397 g/mol. The maximum absolute atomic E-state index is 11.9. The highest BCUT2D eigenvalue weighted by atomic mass is 127. The second-order valence-electron chi connectivity index (χ2n) is 8.37. The summed E-state index contributed by atoms with van der Waals surface area (Å²) in [5.74, 6) is 2.53. The molecule has 1 radical (unpaired) electrons. The van der Waals surface area contributed by atoms with Gasteiger partial charge in [0.25, 0.3) is 0 Å². The highest BCUT2D eigenvalue weighted by molar-refractivity contribution is 14.1. The molecule has 115 valence electrons. The van der Waals surface area contributed by atoms with E-state index in [4.69, 9.17) is 0 Å². The summed E-state index contributed by atoms with van der Waals surface area (Å²) >= 11 is 2.59. The van der Waals surface area contributed by atoms with Gasteiger partial charge < -0.3 is 0 Å². The maximum Gasteiger partial charge on any atom is 0.0967 e. The van der Waals surface area contributed by atoms with E-state index in [0.717, 1.165) is 37.0 Å². The topological polar surface area (TPSA) is 19.9 Å². The van der Waals surface area contributed by atoms with Gasteiger partial charge in [-0.15, -0.1) is 0 Å². The van der Waals surface area contributed by atoms with Crippen LogP contribution in [0.2, 0.25) is 0 Å². The van der Waals surface area contributed by atoms with Gasteiger partial charge in [0.05, 0.1) is 6.10 Å². The Morgan fingerprint density at radius 1 is 1.05 bits per heavy atom. The van der Waals surface area contributed by atoms with Crippen LogP contribution in [-0.2, 0) is 5.11 Å². The second kappa shape index (κ2) is 4.83. The van der Waals surface area contributed by atoms with Crippen molar-refractivity contribution < 1.29 is 5.11 Å². The molecule has 0 aliphatic heterocycles. The van der Waals surface area contributed by atoms with Gasteiger partial charge >= 0.3 is 0 Å². The van der Waals surface area contributed by atoms with E-state index < -0.39 is 0 Å². The summed E-state index contributed by atoms with van der Waals surface area (Å²) in [4.78, 5) is 0. The Labute approximate surface area is 142 Å². The smallest absolute Gasteiger partial charge is 0.0967 e. The summed E-state index contributed by atoms with van der Waals surface area (Å²) in [5, 5.41) is 11.9. The molecular weight excluding hydrogens is 371 g/mol. The first-order valence-corrected chi connectivity index (χ1v) is 9.74. The average Bonchev–Trinajstić information content (AvgIpc) is 2.76. The second-order valence-corrected chi connectivity index (χ2v) is 9.53. The molecule has 0 spiro atoms. The zero-order valence-electron chi connectivity index (χ0n) is 13.2. The van der Waals surface area contributed by atoms with E-state index in [-0.39, 0.29) is 6.10 Å². The molecule has 0 aromatic carbocycles. The molecule has 0 aromatic rings. The standard InChI is InChI=1S/C19H26IO/c1-18-9-7-13(21)11-12(18)3-4-14-15-5-6-17(20)19(15,2)10-8-16(14)18/h3,6,13-16H,4-5,7-11H2,1-2H3/t13-,14-,15-,16-,18-,19-/m0/s1. The quantitative estimate of drug-likeness (QED) is 0.370. The largest absolute Gasteiger partial charge is 0.233 e. The van der Waals surface area contributed by atoms with Gasteiger partial charge in [0.15, 0.2) is 0 Å². The molecule has 2 heteroatoms. The first-order valence-electron chi connectivity index (χ1n) is 8.66. The van der Waals surface area contributed by atoms with Gasteiger partial charge in [-0.3, -0.25) is 0 Å². The number of hydrogen-bond acceptors (Lipinski definition) is 0. The number of halogens is 1. The molecule has 4 aliphatic carbocycles. The molecule has 4 aliphatic rings. The normalized spacial score (nSPS) is 52.4. The van der Waals surface area contributed by atoms with Gasteiger partial charge in [-0.1, -0.05) is 31.6 Å². The minimum atomic E-state index is -0.330. The van der Waals surface area contributed by atoms with Gasteiger partial charge in [0, 0.05) is 5.41 Å². The maximum atomic E-state index is 11.9. The zero-order valence-corrected chi connectivity index (χ0v) is 15.4. The van der Waals surface area contributed by atoms with E-state index in [2.05, 4.69) is 48.6 Å². The van der Waals surface area contributed by atoms with Crippen molar-refractivity contribution in [3.63, 3.8) is 0 Å². The van der Waals surface area contributed by atoms with Crippen molar-refractivity contribution in [3.05, 3.63) is 21.3 Å². The lowest BCUT2D eigenvalue weighted by molar-refractivity contribution is -0.0366. The lowest BCUT2D eigenvalue weighted by Gasteiger charge is -2.57. The molecule has 1 nitrogen and oxygen atoms in total. The van der Waals surface area contributed by atoms with Crippen LogP contribution in [0.5, 0.6) is 0 Å². The molecule has 0 unspecified atom stereocenters. The summed E-state index contributed by atoms with van der Waals surface area (Å²) in [6, 6.07) is 0. The highest BCUT2D eigenvalue weighted by Crippen LogP contribution is 2.65. The van der Waals surface area contributed by atoms with E-state index >= 15 is 0 Å². The molecular formula is C19H26IO. The summed E-state index contributed by atoms with van der Waals surface area (Å²) in [7, 11) is 0. The Kier molecular flexibility index (Phi) is 3.39. The van der Waals surface area contributed by atoms with Crippen LogP contribution < -0.4 is 0 Å². The number of allylic oxidation sites excluding steroid dienone is 3. The number of rotatable bonds is 0. The van der Waals surface area contributed by atoms with Gasteiger partial charge in [0.1, 0.15) is 0 Å². The lowest BCUT2D eigenvalue weighted by Crippen LogP contribution is -2.49. The monoisotopic (exact) mass is 397 g/mol. The summed E-state index contributed by atoms with van der Waals surface area (Å²) in [6.45, 7) is 4.99. The highest BCUT2D eigenvalue weighted by Gasteiger charge is 2.56. The van der Waals surface area contributed by atoms with Crippen LogP contribution in [0.4, 0.5) is 0 Å². The molecule has 0 bridgehead atoms. The van der Waals surface area contributed by atoms with Crippen molar-refractivity contribution in [1.29, 1.82) is 0 Å². The fourth-order valence-corrected chi connectivity index (χ4v) is 7.07. The first-order chi connectivity index (χ1) is 9.95. The summed E-state index contributed by atoms with van der Waals surface area (Å²) in [5.41, 5.74) is 2.33. The molecule has 0 aromatic heterocycles. The predicted octanol–water partition coefficient (Wildman–Crippen LogP) is 5.68. The van der Waals surface area contributed by atoms with Crippen LogP contribution in [0, 0.1) is 28.6 Å². The van der Waals surface area contributed by atoms with Crippen LogP contribution in [0.25, 0.3) is 0 Å². The molecule has 0 N–H and O–H groups in total. The van der Waals surface area contributed by atoms with E-state index in [1.165, 1.54) is 31.3 Å². The van der Waals surface area contributed by atoms with Gasteiger partial charge in [-0.25, -0.2) is 5.11 Å². The lowest BCUT2D eigenvalue weighted by atomic mass is 9.48. The molecule has 6 atom stereocenters. The Morgan fingerprint density at radius 2 is 1.81 bits per heavy atom. The van der Waals surface area contributed by atoms with E-state index in [1.807, 2.05) is 0 Å². The number of hydrogen-bond donors (Lipinski definition) is 0.